The lowest BCUT2D eigenvalue weighted by molar-refractivity contribution is -0.163. The first-order valence-corrected chi connectivity index (χ1v) is 7.15. The fraction of sp³-hybridized carbons (Fsp3) is 0.636. The van der Waals surface area contributed by atoms with Crippen LogP contribution in [0.5, 0.6) is 0 Å². The van der Waals surface area contributed by atoms with Crippen molar-refractivity contribution in [3.05, 3.63) is 11.3 Å². The molecule has 0 spiro atoms. The monoisotopic (exact) mass is 303 g/mol. The molecule has 2 rings (SSSR count). The van der Waals surface area contributed by atoms with E-state index in [1.807, 2.05) is 0 Å². The minimum Gasteiger partial charge on any atom is -0.760 e. The van der Waals surface area contributed by atoms with Crippen molar-refractivity contribution in [1.29, 1.82) is 0 Å². The molecule has 2 aliphatic rings. The molecule has 0 aromatic rings. The van der Waals surface area contributed by atoms with E-state index in [1.54, 1.807) is 6.92 Å². The first kappa shape index (κ1) is 15.1. The predicted molar refractivity (Wildman–Crippen MR) is 66.6 cm³/mol. The van der Waals surface area contributed by atoms with E-state index in [1.165, 1.54) is 6.92 Å². The van der Waals surface area contributed by atoms with Crippen LogP contribution in [0.3, 0.4) is 0 Å². The van der Waals surface area contributed by atoms with Crippen LogP contribution >= 0.6 is 0 Å². The summed E-state index contributed by atoms with van der Waals surface area (Å²) < 4.78 is 23.2. The number of carboxylic acids is 1. The van der Waals surface area contributed by atoms with Gasteiger partial charge in [0.25, 0.3) is 0 Å². The molecular weight excluding hydrogens is 288 g/mol. The van der Waals surface area contributed by atoms with Crippen molar-refractivity contribution >= 4 is 23.1 Å². The zero-order valence-electron chi connectivity index (χ0n) is 10.9. The zero-order valence-corrected chi connectivity index (χ0v) is 11.7. The molecule has 9 heteroatoms. The number of carbonyl (C=O) groups excluding carboxylic acids is 1. The molecule has 0 aromatic carbocycles. The lowest BCUT2D eigenvalue weighted by Crippen LogP contribution is -2.63. The molecule has 0 aromatic heterocycles. The van der Waals surface area contributed by atoms with Gasteiger partial charge in [0, 0.05) is 23.7 Å². The first-order chi connectivity index (χ1) is 9.27. The maximum absolute atomic E-state index is 12.0. The summed E-state index contributed by atoms with van der Waals surface area (Å²) in [6.45, 7) is 3.04. The number of aliphatic hydroxyl groups is 1. The van der Waals surface area contributed by atoms with Crippen molar-refractivity contribution in [2.75, 3.05) is 6.54 Å². The minimum absolute atomic E-state index is 0.161. The van der Waals surface area contributed by atoms with Crippen molar-refractivity contribution in [3.63, 3.8) is 0 Å². The lowest BCUT2D eigenvalue weighted by atomic mass is 9.78. The summed E-state index contributed by atoms with van der Waals surface area (Å²) >= 11 is -2.51. The van der Waals surface area contributed by atoms with E-state index in [0.717, 1.165) is 4.90 Å². The second-order valence-corrected chi connectivity index (χ2v) is 5.75. The van der Waals surface area contributed by atoms with Gasteiger partial charge in [-0.05, 0) is 12.5 Å². The van der Waals surface area contributed by atoms with E-state index in [2.05, 4.69) is 4.72 Å². The Morgan fingerprint density at radius 3 is 2.65 bits per heavy atom. The Hall–Kier alpha value is -1.29. The molecule has 112 valence electrons. The summed E-state index contributed by atoms with van der Waals surface area (Å²) in [5, 5.41) is 18.8. The van der Waals surface area contributed by atoms with Gasteiger partial charge in [-0.3, -0.25) is 9.00 Å². The fourth-order valence-corrected chi connectivity index (χ4v) is 3.29. The summed E-state index contributed by atoms with van der Waals surface area (Å²) in [6, 6.07) is -0.425. The maximum atomic E-state index is 12.0. The van der Waals surface area contributed by atoms with Crippen LogP contribution in [-0.2, 0) is 20.9 Å². The van der Waals surface area contributed by atoms with Crippen LogP contribution < -0.4 is 4.72 Å². The summed E-state index contributed by atoms with van der Waals surface area (Å²) in [4.78, 5) is 24.4. The number of carboxylic acid groups (broad SMARTS) is 1. The smallest absolute Gasteiger partial charge is 0.352 e. The van der Waals surface area contributed by atoms with Crippen molar-refractivity contribution in [3.8, 4) is 0 Å². The number of hydrogen-bond donors (Lipinski definition) is 3. The van der Waals surface area contributed by atoms with Crippen LogP contribution in [0.15, 0.2) is 11.3 Å². The largest absolute Gasteiger partial charge is 0.760 e. The van der Waals surface area contributed by atoms with Crippen molar-refractivity contribution in [1.82, 2.24) is 9.62 Å². The molecular formula is C11H15N2O6S-. The number of hydrogen-bond acceptors (Lipinski definition) is 5. The van der Waals surface area contributed by atoms with Gasteiger partial charge in [-0.1, -0.05) is 6.92 Å². The Kier molecular flexibility index (Phi) is 3.96. The van der Waals surface area contributed by atoms with E-state index in [4.69, 9.17) is 0 Å². The quantitative estimate of drug-likeness (QED) is 0.421. The number of nitrogens with one attached hydrogen (secondary N) is 1. The van der Waals surface area contributed by atoms with Crippen LogP contribution in [0, 0.1) is 11.8 Å². The van der Waals surface area contributed by atoms with Crippen molar-refractivity contribution in [2.24, 2.45) is 11.8 Å². The molecule has 2 heterocycles. The van der Waals surface area contributed by atoms with Gasteiger partial charge >= 0.3 is 5.97 Å². The molecule has 2 aliphatic heterocycles. The third-order valence-electron chi connectivity index (χ3n) is 3.90. The number of aliphatic hydroxyl groups excluding tert-OH is 1. The van der Waals surface area contributed by atoms with Crippen LogP contribution in [0.1, 0.15) is 13.8 Å². The van der Waals surface area contributed by atoms with E-state index in [0.29, 0.717) is 5.57 Å². The van der Waals surface area contributed by atoms with Gasteiger partial charge in [0.15, 0.2) is 0 Å². The highest BCUT2D eigenvalue weighted by Gasteiger charge is 2.59. The average Bonchev–Trinajstić information content (AvgIpc) is 2.56. The molecule has 1 saturated heterocycles. The topological polar surface area (TPSA) is 130 Å². The summed E-state index contributed by atoms with van der Waals surface area (Å²) in [7, 11) is 0. The first-order valence-electron chi connectivity index (χ1n) is 6.07. The number of amides is 1. The van der Waals surface area contributed by atoms with E-state index in [-0.39, 0.29) is 18.2 Å². The van der Waals surface area contributed by atoms with Gasteiger partial charge in [-0.25, -0.2) is 9.52 Å². The summed E-state index contributed by atoms with van der Waals surface area (Å²) in [5.74, 6) is -2.68. The fourth-order valence-electron chi connectivity index (χ4n) is 3.02. The highest BCUT2D eigenvalue weighted by atomic mass is 32.2. The number of rotatable bonds is 5. The molecule has 1 fully saturated rings. The highest BCUT2D eigenvalue weighted by molar-refractivity contribution is 7.77. The van der Waals surface area contributed by atoms with Crippen molar-refractivity contribution in [2.45, 2.75) is 26.0 Å². The van der Waals surface area contributed by atoms with Crippen LogP contribution in [0.2, 0.25) is 0 Å². The summed E-state index contributed by atoms with van der Waals surface area (Å²) in [5.41, 5.74) is 0.172. The molecule has 0 bridgehead atoms. The van der Waals surface area contributed by atoms with Crippen LogP contribution in [-0.4, -0.2) is 54.4 Å². The predicted octanol–water partition coefficient (Wildman–Crippen LogP) is -1.43. The lowest BCUT2D eigenvalue weighted by Gasteiger charge is -2.46. The Bertz CT molecular complexity index is 517. The Balaban J connectivity index is 2.32. The summed E-state index contributed by atoms with van der Waals surface area (Å²) in [6.07, 6.45) is -0.873. The number of fused-ring (bicyclic) bond motifs is 1. The van der Waals surface area contributed by atoms with Gasteiger partial charge in [0.1, 0.15) is 5.70 Å². The standard InChI is InChI=1S/C11H16N2O6S/c1-4-6(3-12-20(18)19)9(11(16)17)13-8(4)7(5(2)14)10(13)15/h4-5,7-8,12,14H,3H2,1-2H3,(H,16,17)(H,18,19)/p-1. The zero-order chi connectivity index (χ0) is 15.2. The second kappa shape index (κ2) is 5.24. The van der Waals surface area contributed by atoms with E-state index < -0.39 is 41.2 Å². The van der Waals surface area contributed by atoms with Gasteiger partial charge < -0.3 is 19.7 Å². The second-order valence-electron chi connectivity index (χ2n) is 4.99. The SMILES string of the molecule is CC(O)C1C(=O)N2C(C(=O)O)=C(CNS(=O)[O-])C(C)C12. The number of aliphatic carboxylic acids is 1. The number of β-lactam (4-membered cyclic amide) rings is 1. The highest BCUT2D eigenvalue weighted by Crippen LogP contribution is 2.46. The van der Waals surface area contributed by atoms with Gasteiger partial charge in [0.2, 0.25) is 5.91 Å². The van der Waals surface area contributed by atoms with Crippen LogP contribution in [0.4, 0.5) is 0 Å². The Labute approximate surface area is 117 Å². The normalized spacial score (nSPS) is 31.9. The number of carbonyl (C=O) groups is 2. The Morgan fingerprint density at radius 2 is 2.20 bits per heavy atom. The van der Waals surface area contributed by atoms with Crippen molar-refractivity contribution < 1.29 is 28.6 Å². The van der Waals surface area contributed by atoms with E-state index in [9.17, 15) is 28.6 Å². The van der Waals surface area contributed by atoms with Gasteiger partial charge in [0.05, 0.1) is 18.1 Å². The maximum Gasteiger partial charge on any atom is 0.352 e. The number of nitrogens with zero attached hydrogens (tertiary/aromatic N) is 1. The molecule has 0 radical (unpaired) electrons. The molecule has 0 saturated carbocycles. The van der Waals surface area contributed by atoms with Gasteiger partial charge in [-0.15, -0.1) is 0 Å². The third kappa shape index (κ3) is 2.16. The van der Waals surface area contributed by atoms with Crippen LogP contribution in [0.25, 0.3) is 0 Å². The van der Waals surface area contributed by atoms with E-state index >= 15 is 0 Å². The molecule has 5 unspecified atom stereocenters. The molecule has 0 aliphatic carbocycles. The minimum atomic E-state index is -2.51. The third-order valence-corrected chi connectivity index (χ3v) is 4.28. The average molecular weight is 303 g/mol. The molecule has 20 heavy (non-hydrogen) atoms. The molecule has 3 N–H and O–H groups in total. The molecule has 8 nitrogen and oxygen atoms in total. The molecule has 5 atom stereocenters. The Morgan fingerprint density at radius 1 is 1.60 bits per heavy atom. The molecule has 1 amide bonds. The van der Waals surface area contributed by atoms with Gasteiger partial charge in [-0.2, -0.15) is 0 Å².